The molecule has 1 aromatic heterocycles. The van der Waals surface area contributed by atoms with Crippen LogP contribution < -0.4 is 5.32 Å². The Bertz CT molecular complexity index is 321. The highest BCUT2D eigenvalue weighted by Gasteiger charge is 2.23. The maximum atomic E-state index is 11.9. The molecule has 0 spiro atoms. The summed E-state index contributed by atoms with van der Waals surface area (Å²) in [6, 6.07) is 0.285. The van der Waals surface area contributed by atoms with Crippen LogP contribution in [0, 0.1) is 0 Å². The number of hydrogen-bond donors (Lipinski definition) is 1. The SMILES string of the molecule is CN(C(=O)c1cnsn1)C1CCCNC1. The summed E-state index contributed by atoms with van der Waals surface area (Å²) in [5, 5.41) is 3.29. The fourth-order valence-corrected chi connectivity index (χ4v) is 2.18. The van der Waals surface area contributed by atoms with Crippen molar-refractivity contribution in [2.45, 2.75) is 18.9 Å². The molecule has 1 atom stereocenters. The lowest BCUT2D eigenvalue weighted by Crippen LogP contribution is -2.46. The highest BCUT2D eigenvalue weighted by molar-refractivity contribution is 6.99. The summed E-state index contributed by atoms with van der Waals surface area (Å²) in [4.78, 5) is 13.7. The number of carbonyl (C=O) groups excluding carboxylic acids is 1. The van der Waals surface area contributed by atoms with Crippen LogP contribution in [0.1, 0.15) is 23.3 Å². The summed E-state index contributed by atoms with van der Waals surface area (Å²) in [6.07, 6.45) is 3.71. The molecular formula is C9H14N4OS. The quantitative estimate of drug-likeness (QED) is 0.791. The molecule has 6 heteroatoms. The average molecular weight is 226 g/mol. The fraction of sp³-hybridized carbons (Fsp3) is 0.667. The lowest BCUT2D eigenvalue weighted by atomic mass is 10.1. The van der Waals surface area contributed by atoms with Gasteiger partial charge in [0.1, 0.15) is 0 Å². The van der Waals surface area contributed by atoms with E-state index in [1.54, 1.807) is 4.90 Å². The van der Waals surface area contributed by atoms with Crippen molar-refractivity contribution in [3.63, 3.8) is 0 Å². The van der Waals surface area contributed by atoms with Crippen molar-refractivity contribution in [2.75, 3.05) is 20.1 Å². The van der Waals surface area contributed by atoms with Gasteiger partial charge in [0.05, 0.1) is 17.9 Å². The van der Waals surface area contributed by atoms with Gasteiger partial charge < -0.3 is 10.2 Å². The van der Waals surface area contributed by atoms with Crippen molar-refractivity contribution < 1.29 is 4.79 Å². The summed E-state index contributed by atoms with van der Waals surface area (Å²) in [5.74, 6) is -0.0301. The second-order valence-corrected chi connectivity index (χ2v) is 4.27. The van der Waals surface area contributed by atoms with Gasteiger partial charge >= 0.3 is 0 Å². The van der Waals surface area contributed by atoms with Gasteiger partial charge in [-0.15, -0.1) is 0 Å². The Kier molecular flexibility index (Phi) is 3.27. The van der Waals surface area contributed by atoms with Gasteiger partial charge in [-0.3, -0.25) is 4.79 Å². The third kappa shape index (κ3) is 2.32. The van der Waals surface area contributed by atoms with Crippen molar-refractivity contribution in [1.29, 1.82) is 0 Å². The maximum Gasteiger partial charge on any atom is 0.275 e. The van der Waals surface area contributed by atoms with Gasteiger partial charge in [-0.1, -0.05) is 0 Å². The minimum atomic E-state index is -0.0301. The molecule has 1 unspecified atom stereocenters. The van der Waals surface area contributed by atoms with Crippen LogP contribution in [0.15, 0.2) is 6.20 Å². The third-order valence-corrected chi connectivity index (χ3v) is 3.20. The van der Waals surface area contributed by atoms with E-state index in [2.05, 4.69) is 14.1 Å². The molecule has 1 N–H and O–H groups in total. The van der Waals surface area contributed by atoms with Gasteiger partial charge in [0.15, 0.2) is 5.69 Å². The first kappa shape index (κ1) is 10.5. The molecule has 2 heterocycles. The van der Waals surface area contributed by atoms with Crippen molar-refractivity contribution in [3.05, 3.63) is 11.9 Å². The van der Waals surface area contributed by atoms with Gasteiger partial charge in [0.25, 0.3) is 5.91 Å². The van der Waals surface area contributed by atoms with Gasteiger partial charge in [-0.05, 0) is 19.4 Å². The molecule has 0 radical (unpaired) electrons. The Morgan fingerprint density at radius 3 is 3.20 bits per heavy atom. The van der Waals surface area contributed by atoms with Crippen LogP contribution in [0.4, 0.5) is 0 Å². The smallest absolute Gasteiger partial charge is 0.275 e. The van der Waals surface area contributed by atoms with Crippen LogP contribution in [0.5, 0.6) is 0 Å². The lowest BCUT2D eigenvalue weighted by molar-refractivity contribution is 0.0703. The number of aromatic nitrogens is 2. The van der Waals surface area contributed by atoms with Crippen molar-refractivity contribution >= 4 is 17.6 Å². The summed E-state index contributed by atoms with van der Waals surface area (Å²) < 4.78 is 7.79. The van der Waals surface area contributed by atoms with E-state index in [0.717, 1.165) is 37.7 Å². The number of rotatable bonds is 2. The van der Waals surface area contributed by atoms with Crippen molar-refractivity contribution in [2.24, 2.45) is 0 Å². The lowest BCUT2D eigenvalue weighted by Gasteiger charge is -2.31. The molecule has 15 heavy (non-hydrogen) atoms. The summed E-state index contributed by atoms with van der Waals surface area (Å²) in [6.45, 7) is 1.93. The highest BCUT2D eigenvalue weighted by atomic mass is 32.1. The van der Waals surface area contributed by atoms with Crippen molar-refractivity contribution in [1.82, 2.24) is 19.0 Å². The first-order valence-electron chi connectivity index (χ1n) is 5.04. The summed E-state index contributed by atoms with van der Waals surface area (Å²) in [7, 11) is 1.83. The Labute approximate surface area is 92.8 Å². The number of amides is 1. The molecule has 2 rings (SSSR count). The largest absolute Gasteiger partial charge is 0.336 e. The zero-order valence-corrected chi connectivity index (χ0v) is 9.46. The fourth-order valence-electron chi connectivity index (χ4n) is 1.77. The first-order valence-corrected chi connectivity index (χ1v) is 5.77. The second-order valence-electron chi connectivity index (χ2n) is 3.71. The van der Waals surface area contributed by atoms with Crippen LogP contribution in [-0.4, -0.2) is 45.7 Å². The van der Waals surface area contributed by atoms with E-state index in [1.165, 1.54) is 6.20 Å². The number of nitrogens with zero attached hydrogens (tertiary/aromatic N) is 3. The number of hydrogen-bond acceptors (Lipinski definition) is 5. The van der Waals surface area contributed by atoms with E-state index < -0.39 is 0 Å². The summed E-state index contributed by atoms with van der Waals surface area (Å²) in [5.41, 5.74) is 0.452. The first-order chi connectivity index (χ1) is 7.29. The van der Waals surface area contributed by atoms with Gasteiger partial charge in [-0.2, -0.15) is 8.75 Å². The molecular weight excluding hydrogens is 212 g/mol. The molecule has 1 amide bonds. The van der Waals surface area contributed by atoms with E-state index >= 15 is 0 Å². The Morgan fingerprint density at radius 1 is 1.73 bits per heavy atom. The number of nitrogens with one attached hydrogen (secondary N) is 1. The molecule has 0 bridgehead atoms. The molecule has 1 aliphatic rings. The number of piperidine rings is 1. The zero-order chi connectivity index (χ0) is 10.7. The van der Waals surface area contributed by atoms with E-state index in [9.17, 15) is 4.79 Å². The van der Waals surface area contributed by atoms with Gasteiger partial charge in [0, 0.05) is 19.6 Å². The Hall–Kier alpha value is -1.01. The molecule has 1 aliphatic heterocycles. The predicted molar refractivity (Wildman–Crippen MR) is 57.9 cm³/mol. The normalized spacial score (nSPS) is 21.3. The van der Waals surface area contributed by atoms with E-state index in [1.807, 2.05) is 7.05 Å². The molecule has 1 fully saturated rings. The van der Waals surface area contributed by atoms with Gasteiger partial charge in [0.2, 0.25) is 0 Å². The van der Waals surface area contributed by atoms with E-state index in [4.69, 9.17) is 0 Å². The molecule has 1 saturated heterocycles. The molecule has 0 saturated carbocycles. The maximum absolute atomic E-state index is 11.9. The molecule has 0 aromatic carbocycles. The molecule has 5 nitrogen and oxygen atoms in total. The predicted octanol–water partition coefficient (Wildman–Crippen LogP) is 0.362. The number of likely N-dealkylation sites (N-methyl/N-ethyl adjacent to an activating group) is 1. The van der Waals surface area contributed by atoms with E-state index in [-0.39, 0.29) is 11.9 Å². The molecule has 1 aromatic rings. The monoisotopic (exact) mass is 226 g/mol. The minimum absolute atomic E-state index is 0.0301. The average Bonchev–Trinajstić information content (AvgIpc) is 2.82. The van der Waals surface area contributed by atoms with Crippen LogP contribution in [-0.2, 0) is 0 Å². The van der Waals surface area contributed by atoms with Crippen LogP contribution in [0.3, 0.4) is 0 Å². The van der Waals surface area contributed by atoms with Crippen LogP contribution >= 0.6 is 11.7 Å². The topological polar surface area (TPSA) is 58.1 Å². The molecule has 0 aliphatic carbocycles. The third-order valence-electron chi connectivity index (χ3n) is 2.72. The minimum Gasteiger partial charge on any atom is -0.336 e. The zero-order valence-electron chi connectivity index (χ0n) is 8.64. The van der Waals surface area contributed by atoms with E-state index in [0.29, 0.717) is 5.69 Å². The van der Waals surface area contributed by atoms with Crippen molar-refractivity contribution in [3.8, 4) is 0 Å². The standard InChI is InChI=1S/C9H14N4OS/c1-13(7-3-2-4-10-5-7)9(14)8-6-11-15-12-8/h6-7,10H,2-5H2,1H3. The highest BCUT2D eigenvalue weighted by Crippen LogP contribution is 2.11. The van der Waals surface area contributed by atoms with Gasteiger partial charge in [-0.25, -0.2) is 0 Å². The van der Waals surface area contributed by atoms with Crippen LogP contribution in [0.2, 0.25) is 0 Å². The second kappa shape index (κ2) is 4.67. The summed E-state index contributed by atoms with van der Waals surface area (Å²) >= 11 is 1.07. The Morgan fingerprint density at radius 2 is 2.60 bits per heavy atom. The number of carbonyl (C=O) groups is 1. The Balaban J connectivity index is 2.00. The molecule has 82 valence electrons. The van der Waals surface area contributed by atoms with Crippen LogP contribution in [0.25, 0.3) is 0 Å².